The molecule has 3 heteroatoms. The van der Waals surface area contributed by atoms with Gasteiger partial charge < -0.3 is 14.9 Å². The first kappa shape index (κ1) is 22.6. The summed E-state index contributed by atoms with van der Waals surface area (Å²) in [6.45, 7) is 13.9. The summed E-state index contributed by atoms with van der Waals surface area (Å²) < 4.78 is 5.97. The van der Waals surface area contributed by atoms with Crippen LogP contribution in [-0.2, 0) is 4.74 Å². The summed E-state index contributed by atoms with van der Waals surface area (Å²) in [6, 6.07) is 0. The van der Waals surface area contributed by atoms with Gasteiger partial charge in [-0.15, -0.1) is 0 Å². The first-order valence-corrected chi connectivity index (χ1v) is 11.9. The van der Waals surface area contributed by atoms with E-state index in [-0.39, 0.29) is 0 Å². The average Bonchev–Trinajstić information content (AvgIpc) is 2.89. The van der Waals surface area contributed by atoms with E-state index in [1.54, 1.807) is 0 Å². The molecule has 0 aromatic heterocycles. The van der Waals surface area contributed by atoms with Gasteiger partial charge in [0.1, 0.15) is 0 Å². The number of hydrogen-bond acceptors (Lipinski definition) is 3. The highest BCUT2D eigenvalue weighted by atomic mass is 16.5. The predicted octanol–water partition coefficient (Wildman–Crippen LogP) is 5.57. The van der Waals surface area contributed by atoms with Crippen molar-refractivity contribution in [2.75, 3.05) is 13.2 Å². The summed E-state index contributed by atoms with van der Waals surface area (Å²) in [5, 5.41) is 20.3. The molecular formula is C25H46O3. The van der Waals surface area contributed by atoms with Gasteiger partial charge in [0.25, 0.3) is 0 Å². The number of hydrogen-bond donors (Lipinski definition) is 2. The van der Waals surface area contributed by atoms with Crippen molar-refractivity contribution in [3.05, 3.63) is 0 Å². The van der Waals surface area contributed by atoms with E-state index < -0.39 is 11.2 Å². The van der Waals surface area contributed by atoms with E-state index in [4.69, 9.17) is 4.74 Å². The quantitative estimate of drug-likeness (QED) is 0.593. The fourth-order valence-corrected chi connectivity index (χ4v) is 7.22. The molecular weight excluding hydrogens is 348 g/mol. The second kappa shape index (κ2) is 7.85. The fourth-order valence-electron chi connectivity index (χ4n) is 7.22. The Labute approximate surface area is 173 Å². The van der Waals surface area contributed by atoms with E-state index in [0.717, 1.165) is 30.8 Å². The van der Waals surface area contributed by atoms with Crippen LogP contribution in [0.1, 0.15) is 99.3 Å². The summed E-state index contributed by atoms with van der Waals surface area (Å²) in [6.07, 6.45) is 11.5. The van der Waals surface area contributed by atoms with Gasteiger partial charge in [-0.3, -0.25) is 0 Å². The maximum atomic E-state index is 10.3. The maximum Gasteiger partial charge on any atom is 0.0824 e. The van der Waals surface area contributed by atoms with Gasteiger partial charge in [0.2, 0.25) is 0 Å². The van der Waals surface area contributed by atoms with E-state index in [1.807, 2.05) is 27.7 Å². The molecule has 3 saturated carbocycles. The molecule has 0 saturated heterocycles. The molecule has 28 heavy (non-hydrogen) atoms. The summed E-state index contributed by atoms with van der Waals surface area (Å²) in [7, 11) is 0. The van der Waals surface area contributed by atoms with Crippen molar-refractivity contribution in [3.8, 4) is 0 Å². The van der Waals surface area contributed by atoms with Crippen molar-refractivity contribution in [3.63, 3.8) is 0 Å². The van der Waals surface area contributed by atoms with Gasteiger partial charge in [-0.05, 0) is 114 Å². The fraction of sp³-hybridized carbons (Fsp3) is 1.00. The van der Waals surface area contributed by atoms with Crippen molar-refractivity contribution in [2.45, 2.75) is 111 Å². The van der Waals surface area contributed by atoms with E-state index in [2.05, 4.69) is 13.8 Å². The number of aliphatic hydroxyl groups is 2. The first-order chi connectivity index (χ1) is 12.8. The Hall–Kier alpha value is -0.120. The van der Waals surface area contributed by atoms with Crippen LogP contribution in [0.3, 0.4) is 0 Å². The van der Waals surface area contributed by atoms with Crippen molar-refractivity contribution >= 4 is 0 Å². The van der Waals surface area contributed by atoms with Gasteiger partial charge in [0, 0.05) is 0 Å². The van der Waals surface area contributed by atoms with Gasteiger partial charge in [-0.1, -0.05) is 20.3 Å². The molecule has 0 bridgehead atoms. The zero-order valence-corrected chi connectivity index (χ0v) is 19.4. The van der Waals surface area contributed by atoms with Crippen LogP contribution in [-0.4, -0.2) is 34.6 Å². The molecule has 164 valence electrons. The summed E-state index contributed by atoms with van der Waals surface area (Å²) in [5.41, 5.74) is -0.466. The third kappa shape index (κ3) is 4.78. The molecule has 6 unspecified atom stereocenters. The van der Waals surface area contributed by atoms with Gasteiger partial charge in [0.15, 0.2) is 0 Å². The van der Waals surface area contributed by atoms with Crippen LogP contribution in [0.4, 0.5) is 0 Å². The molecule has 3 aliphatic rings. The molecule has 0 aromatic carbocycles. The minimum Gasteiger partial charge on any atom is -0.390 e. The molecule has 0 heterocycles. The molecule has 0 aliphatic heterocycles. The standard InChI is InChI=1S/C25H46O3/c1-22(2,26)14-15-24(5)12-7-8-19-20(24)11-13-25(6)18(9-10-21(19)25)16-28-17-23(3,4)27/h18-21,26-27H,7-17H2,1-6H3. The summed E-state index contributed by atoms with van der Waals surface area (Å²) >= 11 is 0. The van der Waals surface area contributed by atoms with Crippen LogP contribution in [0.2, 0.25) is 0 Å². The van der Waals surface area contributed by atoms with Gasteiger partial charge in [-0.25, -0.2) is 0 Å². The molecule has 0 aromatic rings. The third-order valence-electron chi connectivity index (χ3n) is 8.90. The van der Waals surface area contributed by atoms with Gasteiger partial charge in [0.05, 0.1) is 24.4 Å². The highest BCUT2D eigenvalue weighted by Crippen LogP contribution is 2.65. The van der Waals surface area contributed by atoms with E-state index in [0.29, 0.717) is 23.4 Å². The normalized spacial score (nSPS) is 41.6. The Morgan fingerprint density at radius 1 is 0.893 bits per heavy atom. The lowest BCUT2D eigenvalue weighted by Crippen LogP contribution is -2.49. The number of ether oxygens (including phenoxy) is 1. The Morgan fingerprint density at radius 2 is 1.61 bits per heavy atom. The summed E-state index contributed by atoms with van der Waals surface area (Å²) in [4.78, 5) is 0. The van der Waals surface area contributed by atoms with Crippen molar-refractivity contribution in [1.29, 1.82) is 0 Å². The molecule has 3 nitrogen and oxygen atoms in total. The van der Waals surface area contributed by atoms with Crippen LogP contribution in [0, 0.1) is 34.5 Å². The topological polar surface area (TPSA) is 49.7 Å². The van der Waals surface area contributed by atoms with Gasteiger partial charge in [-0.2, -0.15) is 0 Å². The maximum absolute atomic E-state index is 10.3. The predicted molar refractivity (Wildman–Crippen MR) is 115 cm³/mol. The Morgan fingerprint density at radius 3 is 2.25 bits per heavy atom. The Balaban J connectivity index is 1.67. The van der Waals surface area contributed by atoms with Crippen molar-refractivity contribution < 1.29 is 14.9 Å². The lowest BCUT2D eigenvalue weighted by molar-refractivity contribution is -0.0936. The van der Waals surface area contributed by atoms with Crippen LogP contribution in [0.15, 0.2) is 0 Å². The second-order valence-corrected chi connectivity index (χ2v) is 12.4. The molecule has 0 amide bonds. The zero-order valence-electron chi connectivity index (χ0n) is 19.4. The lowest BCUT2D eigenvalue weighted by atomic mass is 9.48. The Bertz CT molecular complexity index is 531. The summed E-state index contributed by atoms with van der Waals surface area (Å²) in [5.74, 6) is 3.17. The number of rotatable bonds is 7. The number of fused-ring (bicyclic) bond motifs is 3. The van der Waals surface area contributed by atoms with Crippen LogP contribution in [0.25, 0.3) is 0 Å². The van der Waals surface area contributed by atoms with E-state index in [1.165, 1.54) is 51.4 Å². The highest BCUT2D eigenvalue weighted by molar-refractivity contribution is 5.06. The molecule has 6 atom stereocenters. The molecule has 3 aliphatic carbocycles. The molecule has 2 N–H and O–H groups in total. The van der Waals surface area contributed by atoms with Crippen molar-refractivity contribution in [2.24, 2.45) is 34.5 Å². The highest BCUT2D eigenvalue weighted by Gasteiger charge is 2.57. The second-order valence-electron chi connectivity index (χ2n) is 12.4. The van der Waals surface area contributed by atoms with Crippen LogP contribution < -0.4 is 0 Å². The van der Waals surface area contributed by atoms with E-state index >= 15 is 0 Å². The zero-order chi connectivity index (χ0) is 20.8. The minimum atomic E-state index is -0.734. The SMILES string of the molecule is CC(C)(O)CCC1(C)CCCC2C1CCC1(C)C(COCC(C)(C)O)CCC21. The average molecular weight is 395 g/mol. The van der Waals surface area contributed by atoms with Gasteiger partial charge >= 0.3 is 0 Å². The van der Waals surface area contributed by atoms with E-state index in [9.17, 15) is 10.2 Å². The molecule has 3 fully saturated rings. The molecule has 3 rings (SSSR count). The minimum absolute atomic E-state index is 0.403. The molecule has 0 spiro atoms. The Kier molecular flexibility index (Phi) is 6.33. The third-order valence-corrected chi connectivity index (χ3v) is 8.90. The first-order valence-electron chi connectivity index (χ1n) is 11.9. The van der Waals surface area contributed by atoms with Crippen LogP contribution >= 0.6 is 0 Å². The van der Waals surface area contributed by atoms with Crippen molar-refractivity contribution in [1.82, 2.24) is 0 Å². The lowest BCUT2D eigenvalue weighted by Gasteiger charge is -2.57. The smallest absolute Gasteiger partial charge is 0.0824 e. The van der Waals surface area contributed by atoms with Crippen LogP contribution in [0.5, 0.6) is 0 Å². The largest absolute Gasteiger partial charge is 0.390 e. The molecule has 0 radical (unpaired) electrons. The monoisotopic (exact) mass is 394 g/mol.